The zero-order valence-electron chi connectivity index (χ0n) is 16.5. The lowest BCUT2D eigenvalue weighted by Gasteiger charge is -2.35. The number of H-pyrrole nitrogens is 1. The van der Waals surface area contributed by atoms with Gasteiger partial charge in [-0.25, -0.2) is 4.98 Å². The average molecular weight is 402 g/mol. The van der Waals surface area contributed by atoms with Gasteiger partial charge in [0, 0.05) is 37.1 Å². The van der Waals surface area contributed by atoms with Crippen molar-refractivity contribution in [2.75, 3.05) is 14.2 Å². The number of carbonyl (C=O) groups excluding carboxylic acids is 2. The van der Waals surface area contributed by atoms with Crippen LogP contribution in [0.1, 0.15) is 35.4 Å². The van der Waals surface area contributed by atoms with Crippen molar-refractivity contribution >= 4 is 11.8 Å². The monoisotopic (exact) mass is 402 g/mol. The number of hydrogen-bond donors (Lipinski definition) is 4. The Bertz CT molecular complexity index is 839. The van der Waals surface area contributed by atoms with E-state index >= 15 is 0 Å². The van der Waals surface area contributed by atoms with E-state index in [1.165, 1.54) is 19.2 Å². The summed E-state index contributed by atoms with van der Waals surface area (Å²) in [6.07, 6.45) is 4.81. The number of imidazole rings is 1. The van der Waals surface area contributed by atoms with Gasteiger partial charge in [0.25, 0.3) is 5.91 Å². The molecule has 4 N–H and O–H groups in total. The van der Waals surface area contributed by atoms with Crippen molar-refractivity contribution in [2.45, 2.75) is 38.0 Å². The summed E-state index contributed by atoms with van der Waals surface area (Å²) in [5.74, 6) is 0.482. The molecule has 156 valence electrons. The largest absolute Gasteiger partial charge is 0.508 e. The SMILES string of the molecule is COc1cc(O)cc(C(=O)N[C@@H]2CC[C@H](C(=O)NCc3ncc[nH]3)C[C@H]2OC)c1. The Morgan fingerprint density at radius 3 is 2.79 bits per heavy atom. The first-order valence-corrected chi connectivity index (χ1v) is 9.47. The fourth-order valence-corrected chi connectivity index (χ4v) is 3.59. The number of aromatic amines is 1. The maximum Gasteiger partial charge on any atom is 0.251 e. The van der Waals surface area contributed by atoms with Crippen molar-refractivity contribution < 1.29 is 24.2 Å². The van der Waals surface area contributed by atoms with E-state index in [9.17, 15) is 14.7 Å². The number of phenolic OH excluding ortho intramolecular Hbond substituents is 1. The van der Waals surface area contributed by atoms with Crippen LogP contribution < -0.4 is 15.4 Å². The van der Waals surface area contributed by atoms with Gasteiger partial charge >= 0.3 is 0 Å². The van der Waals surface area contributed by atoms with Crippen LogP contribution in [0.4, 0.5) is 0 Å². The van der Waals surface area contributed by atoms with E-state index < -0.39 is 0 Å². The third-order valence-corrected chi connectivity index (χ3v) is 5.16. The van der Waals surface area contributed by atoms with Crippen LogP contribution in [0, 0.1) is 5.92 Å². The summed E-state index contributed by atoms with van der Waals surface area (Å²) < 4.78 is 10.6. The highest BCUT2D eigenvalue weighted by Gasteiger charge is 2.35. The van der Waals surface area contributed by atoms with Crippen LogP contribution in [-0.2, 0) is 16.1 Å². The molecule has 0 aliphatic heterocycles. The summed E-state index contributed by atoms with van der Waals surface area (Å²) in [6, 6.07) is 4.15. The van der Waals surface area contributed by atoms with Crippen molar-refractivity contribution in [3.8, 4) is 11.5 Å². The van der Waals surface area contributed by atoms with Gasteiger partial charge in [-0.2, -0.15) is 0 Å². The molecule has 1 aliphatic rings. The predicted molar refractivity (Wildman–Crippen MR) is 104 cm³/mol. The smallest absolute Gasteiger partial charge is 0.251 e. The Balaban J connectivity index is 1.57. The molecule has 0 spiro atoms. The van der Waals surface area contributed by atoms with Crippen LogP contribution in [0.15, 0.2) is 30.6 Å². The van der Waals surface area contributed by atoms with Crippen molar-refractivity contribution in [3.05, 3.63) is 42.0 Å². The van der Waals surface area contributed by atoms with Crippen molar-refractivity contribution in [1.29, 1.82) is 0 Å². The molecule has 9 nitrogen and oxygen atoms in total. The van der Waals surface area contributed by atoms with Gasteiger partial charge in [-0.3, -0.25) is 9.59 Å². The first kappa shape index (κ1) is 20.7. The molecule has 9 heteroatoms. The van der Waals surface area contributed by atoms with Crippen LogP contribution in [-0.4, -0.2) is 53.3 Å². The third kappa shape index (κ3) is 5.26. The summed E-state index contributed by atoms with van der Waals surface area (Å²) in [7, 11) is 3.04. The van der Waals surface area contributed by atoms with Gasteiger partial charge in [0.2, 0.25) is 5.91 Å². The standard InChI is InChI=1S/C20H26N4O5/c1-28-15-8-13(7-14(25)10-15)20(27)24-16-4-3-12(9-17(16)29-2)19(26)23-11-18-21-5-6-22-18/h5-8,10,12,16-17,25H,3-4,9,11H2,1-2H3,(H,21,22)(H,23,26)(H,24,27)/t12-,16+,17+/m0/s1. The predicted octanol–water partition coefficient (Wildman–Crippen LogP) is 1.35. The van der Waals surface area contributed by atoms with Crippen molar-refractivity contribution in [1.82, 2.24) is 20.6 Å². The number of nitrogens with one attached hydrogen (secondary N) is 3. The van der Waals surface area contributed by atoms with E-state index in [4.69, 9.17) is 9.47 Å². The molecule has 0 saturated heterocycles. The summed E-state index contributed by atoms with van der Waals surface area (Å²) in [6.45, 7) is 0.347. The highest BCUT2D eigenvalue weighted by molar-refractivity contribution is 5.95. The molecule has 2 amide bonds. The number of hydrogen-bond acceptors (Lipinski definition) is 6. The molecule has 1 aliphatic carbocycles. The molecular formula is C20H26N4O5. The number of amides is 2. The van der Waals surface area contributed by atoms with Crippen LogP contribution in [0.25, 0.3) is 0 Å². The maximum absolute atomic E-state index is 12.6. The lowest BCUT2D eigenvalue weighted by molar-refractivity contribution is -0.128. The second-order valence-electron chi connectivity index (χ2n) is 7.04. The van der Waals surface area contributed by atoms with Crippen LogP contribution in [0.3, 0.4) is 0 Å². The molecule has 0 radical (unpaired) electrons. The van der Waals surface area contributed by atoms with Gasteiger partial charge in [0.05, 0.1) is 25.8 Å². The maximum atomic E-state index is 12.6. The molecule has 3 atom stereocenters. The van der Waals surface area contributed by atoms with Crippen LogP contribution in [0.2, 0.25) is 0 Å². The van der Waals surface area contributed by atoms with Gasteiger partial charge in [-0.1, -0.05) is 0 Å². The number of ether oxygens (including phenoxy) is 2. The second kappa shape index (κ2) is 9.42. The zero-order chi connectivity index (χ0) is 20.8. The fraction of sp³-hybridized carbons (Fsp3) is 0.450. The molecule has 1 aromatic heterocycles. The third-order valence-electron chi connectivity index (χ3n) is 5.16. The zero-order valence-corrected chi connectivity index (χ0v) is 16.5. The summed E-state index contributed by atoms with van der Waals surface area (Å²) in [5.41, 5.74) is 0.301. The molecule has 1 heterocycles. The highest BCUT2D eigenvalue weighted by atomic mass is 16.5. The Hall–Kier alpha value is -3.07. The van der Waals surface area contributed by atoms with E-state index in [0.29, 0.717) is 42.9 Å². The lowest BCUT2D eigenvalue weighted by Crippen LogP contribution is -2.49. The first-order valence-electron chi connectivity index (χ1n) is 9.47. The number of benzene rings is 1. The quantitative estimate of drug-likeness (QED) is 0.554. The summed E-state index contributed by atoms with van der Waals surface area (Å²) >= 11 is 0. The number of methoxy groups -OCH3 is 2. The van der Waals surface area contributed by atoms with Crippen molar-refractivity contribution in [2.24, 2.45) is 5.92 Å². The van der Waals surface area contributed by atoms with E-state index in [0.717, 1.165) is 0 Å². The molecule has 29 heavy (non-hydrogen) atoms. The Morgan fingerprint density at radius 1 is 1.28 bits per heavy atom. The molecule has 0 bridgehead atoms. The minimum atomic E-state index is -0.327. The number of aromatic nitrogens is 2. The molecular weight excluding hydrogens is 376 g/mol. The molecule has 0 unspecified atom stereocenters. The Morgan fingerprint density at radius 2 is 2.10 bits per heavy atom. The number of rotatable bonds is 7. The number of nitrogens with zero attached hydrogens (tertiary/aromatic N) is 1. The van der Waals surface area contributed by atoms with E-state index in [1.807, 2.05) is 0 Å². The van der Waals surface area contributed by atoms with Gasteiger partial charge in [0.1, 0.15) is 17.3 Å². The Labute approximate surface area is 168 Å². The molecule has 1 saturated carbocycles. The second-order valence-corrected chi connectivity index (χ2v) is 7.04. The summed E-state index contributed by atoms with van der Waals surface area (Å²) in [5, 5.41) is 15.6. The van der Waals surface area contributed by atoms with E-state index in [-0.39, 0.29) is 35.6 Å². The minimum Gasteiger partial charge on any atom is -0.508 e. The number of aromatic hydroxyl groups is 1. The Kier molecular flexibility index (Phi) is 6.71. The minimum absolute atomic E-state index is 0.0465. The summed E-state index contributed by atoms with van der Waals surface area (Å²) in [4.78, 5) is 32.1. The van der Waals surface area contributed by atoms with Gasteiger partial charge in [0.15, 0.2) is 0 Å². The van der Waals surface area contributed by atoms with Gasteiger partial charge in [-0.05, 0) is 31.4 Å². The van der Waals surface area contributed by atoms with E-state index in [2.05, 4.69) is 20.6 Å². The van der Waals surface area contributed by atoms with Crippen molar-refractivity contribution in [3.63, 3.8) is 0 Å². The average Bonchev–Trinajstić information content (AvgIpc) is 3.25. The van der Waals surface area contributed by atoms with E-state index in [1.54, 1.807) is 25.6 Å². The van der Waals surface area contributed by atoms with Gasteiger partial charge in [-0.15, -0.1) is 0 Å². The lowest BCUT2D eigenvalue weighted by atomic mass is 9.83. The van der Waals surface area contributed by atoms with Gasteiger partial charge < -0.3 is 30.2 Å². The number of carbonyl (C=O) groups is 2. The number of phenols is 1. The molecule has 1 fully saturated rings. The molecule has 1 aromatic carbocycles. The first-order chi connectivity index (χ1) is 14.0. The van der Waals surface area contributed by atoms with Crippen LogP contribution in [0.5, 0.6) is 11.5 Å². The molecule has 3 rings (SSSR count). The topological polar surface area (TPSA) is 126 Å². The normalized spacial score (nSPS) is 21.4. The fourth-order valence-electron chi connectivity index (χ4n) is 3.59. The molecule has 2 aromatic rings. The highest BCUT2D eigenvalue weighted by Crippen LogP contribution is 2.28. The van der Waals surface area contributed by atoms with Crippen LogP contribution >= 0.6 is 0 Å².